The van der Waals surface area contributed by atoms with Crippen molar-refractivity contribution >= 4 is 37.6 Å². The molecule has 2 aromatic rings. The topological polar surface area (TPSA) is 67.0 Å². The second-order valence-electron chi connectivity index (χ2n) is 6.00. The fourth-order valence-electron chi connectivity index (χ4n) is 2.58. The maximum Gasteiger partial charge on any atom is 0.275 e. The van der Waals surface area contributed by atoms with Gasteiger partial charge in [-0.25, -0.2) is 15.0 Å². The Balaban J connectivity index is 1.65. The minimum absolute atomic E-state index is 0.0288. The number of thiazole rings is 1. The van der Waals surface area contributed by atoms with Gasteiger partial charge in [-0.2, -0.15) is 0 Å². The molecule has 0 aliphatic carbocycles. The lowest BCUT2D eigenvalue weighted by atomic mass is 10.1. The zero-order valence-corrected chi connectivity index (χ0v) is 14.2. The average molecular weight is 327 g/mol. The first-order valence-electron chi connectivity index (χ1n) is 7.00. The maximum absolute atomic E-state index is 12.3. The van der Waals surface area contributed by atoms with E-state index < -0.39 is 10.0 Å². The highest BCUT2D eigenvalue weighted by atomic mass is 32.3. The number of aromatic nitrogens is 2. The molecule has 0 saturated carbocycles. The van der Waals surface area contributed by atoms with Gasteiger partial charge in [-0.3, -0.25) is 4.79 Å². The number of H-pyrrole nitrogens is 1. The number of ether oxygens (including phenoxy) is 1. The Kier molecular flexibility index (Phi) is 3.88. The smallest absolute Gasteiger partial charge is 0.275 e. The molecule has 1 aliphatic heterocycles. The number of amides is 1. The van der Waals surface area contributed by atoms with Crippen molar-refractivity contribution in [2.45, 2.75) is 18.9 Å². The Bertz CT molecular complexity index is 621. The van der Waals surface area contributed by atoms with E-state index in [1.54, 1.807) is 13.2 Å². The summed E-state index contributed by atoms with van der Waals surface area (Å²) in [6, 6.07) is 2.10. The molecule has 21 heavy (non-hydrogen) atoms. The first-order valence-corrected chi connectivity index (χ1v) is 10.6. The molecule has 1 saturated heterocycles. The van der Waals surface area contributed by atoms with Gasteiger partial charge in [0.2, 0.25) is 0 Å². The number of nitrogens with one attached hydrogen (secondary N) is 2. The monoisotopic (exact) mass is 327 g/mol. The quantitative estimate of drug-likeness (QED) is 0.910. The van der Waals surface area contributed by atoms with Gasteiger partial charge < -0.3 is 15.0 Å². The molecule has 0 bridgehead atoms. The Morgan fingerprint density at radius 3 is 2.81 bits per heavy atom. The van der Waals surface area contributed by atoms with Crippen LogP contribution in [0.2, 0.25) is 0 Å². The van der Waals surface area contributed by atoms with Crippen LogP contribution in [0.5, 0.6) is 5.19 Å². The van der Waals surface area contributed by atoms with Crippen molar-refractivity contribution in [2.75, 3.05) is 31.1 Å². The van der Waals surface area contributed by atoms with Gasteiger partial charge >= 0.3 is 0 Å². The first-order chi connectivity index (χ1) is 9.97. The zero-order chi connectivity index (χ0) is 15.0. The van der Waals surface area contributed by atoms with E-state index in [0.717, 1.165) is 23.2 Å². The molecular weight excluding hydrogens is 306 g/mol. The van der Waals surface area contributed by atoms with Crippen molar-refractivity contribution in [3.8, 4) is 5.19 Å². The van der Waals surface area contributed by atoms with Crippen LogP contribution >= 0.6 is 21.4 Å². The molecule has 7 heteroatoms. The number of aromatic amines is 1. The van der Waals surface area contributed by atoms with Gasteiger partial charge in [0.25, 0.3) is 11.1 Å². The van der Waals surface area contributed by atoms with Crippen LogP contribution < -0.4 is 10.1 Å². The van der Waals surface area contributed by atoms with Crippen LogP contribution in [0.25, 0.3) is 10.3 Å². The molecule has 0 atom stereocenters. The van der Waals surface area contributed by atoms with Crippen molar-refractivity contribution in [3.05, 3.63) is 11.8 Å². The van der Waals surface area contributed by atoms with Crippen LogP contribution in [-0.4, -0.2) is 53.0 Å². The number of fused-ring (bicyclic) bond motifs is 1. The molecular formula is C14H21N3O2S2. The fourth-order valence-corrected chi connectivity index (χ4v) is 5.40. The number of hydrogen-bond acceptors (Lipinski definition) is 4. The maximum atomic E-state index is 12.3. The zero-order valence-electron chi connectivity index (χ0n) is 12.6. The van der Waals surface area contributed by atoms with Crippen molar-refractivity contribution in [1.82, 2.24) is 15.3 Å². The molecule has 0 spiro atoms. The summed E-state index contributed by atoms with van der Waals surface area (Å²) in [6.07, 6.45) is 6.94. The van der Waals surface area contributed by atoms with Crippen LogP contribution in [-0.2, 0) is 0 Å². The second kappa shape index (κ2) is 5.53. The van der Waals surface area contributed by atoms with Crippen LogP contribution in [0.15, 0.2) is 6.07 Å². The number of carbonyl (C=O) groups excluding carboxylic acids is 1. The molecule has 116 valence electrons. The number of rotatable bonds is 3. The van der Waals surface area contributed by atoms with Crippen molar-refractivity contribution in [3.63, 3.8) is 0 Å². The highest BCUT2D eigenvalue weighted by Gasteiger charge is 2.25. The molecule has 0 aromatic carbocycles. The fraction of sp³-hybridized carbons (Fsp3) is 0.571. The summed E-state index contributed by atoms with van der Waals surface area (Å²) in [5.74, 6) is 2.46. The Morgan fingerprint density at radius 1 is 1.48 bits per heavy atom. The van der Waals surface area contributed by atoms with Gasteiger partial charge in [0.1, 0.15) is 16.0 Å². The summed E-state index contributed by atoms with van der Waals surface area (Å²) in [5, 5.41) is 3.75. The third kappa shape index (κ3) is 3.18. The number of hydrogen-bond donors (Lipinski definition) is 2. The van der Waals surface area contributed by atoms with Gasteiger partial charge in [0.05, 0.1) is 7.11 Å². The lowest BCUT2D eigenvalue weighted by Crippen LogP contribution is -2.39. The minimum Gasteiger partial charge on any atom is -0.473 e. The van der Waals surface area contributed by atoms with E-state index in [4.69, 9.17) is 4.74 Å². The lowest BCUT2D eigenvalue weighted by molar-refractivity contribution is 0.0930. The van der Waals surface area contributed by atoms with Gasteiger partial charge in [0, 0.05) is 6.04 Å². The highest BCUT2D eigenvalue weighted by Crippen LogP contribution is 2.44. The van der Waals surface area contributed by atoms with Gasteiger partial charge in [0.15, 0.2) is 0 Å². The molecule has 1 amide bonds. The summed E-state index contributed by atoms with van der Waals surface area (Å²) in [4.78, 5) is 20.6. The third-order valence-electron chi connectivity index (χ3n) is 3.96. The van der Waals surface area contributed by atoms with E-state index >= 15 is 0 Å². The minimum atomic E-state index is -0.417. The molecule has 0 radical (unpaired) electrons. The van der Waals surface area contributed by atoms with Crippen LogP contribution in [0.1, 0.15) is 23.3 Å². The van der Waals surface area contributed by atoms with Crippen molar-refractivity contribution < 1.29 is 9.53 Å². The van der Waals surface area contributed by atoms with E-state index in [2.05, 4.69) is 27.8 Å². The van der Waals surface area contributed by atoms with Crippen molar-refractivity contribution in [2.24, 2.45) is 0 Å². The predicted molar refractivity (Wildman–Crippen MR) is 90.2 cm³/mol. The van der Waals surface area contributed by atoms with Gasteiger partial charge in [-0.05, 0) is 42.9 Å². The summed E-state index contributed by atoms with van der Waals surface area (Å²) >= 11 is 1.42. The molecule has 1 fully saturated rings. The van der Waals surface area contributed by atoms with E-state index in [9.17, 15) is 4.79 Å². The SMILES string of the molecule is COc1nc2cc(C(=O)NC3CCS(C)(C)CC3)[nH]c2s1. The molecule has 2 N–H and O–H groups in total. The standard InChI is InChI=1S/C14H21N3O2S2/c1-19-14-17-11-8-10(16-13(11)20-14)12(18)15-9-4-6-21(2,3)7-5-9/h8-9,16H,4-7H2,1-3H3,(H,15,18). The van der Waals surface area contributed by atoms with Crippen LogP contribution in [0, 0.1) is 0 Å². The van der Waals surface area contributed by atoms with E-state index in [0.29, 0.717) is 16.9 Å². The Labute approximate surface area is 129 Å². The van der Waals surface area contributed by atoms with E-state index in [1.807, 2.05) is 0 Å². The molecule has 3 rings (SSSR count). The summed E-state index contributed by atoms with van der Waals surface area (Å²) in [5.41, 5.74) is 1.37. The van der Waals surface area contributed by atoms with Crippen molar-refractivity contribution in [1.29, 1.82) is 0 Å². The number of nitrogens with zero attached hydrogens (tertiary/aromatic N) is 1. The van der Waals surface area contributed by atoms with Gasteiger partial charge in [-0.15, -0.1) is 0 Å². The molecule has 2 aromatic heterocycles. The molecule has 0 unspecified atom stereocenters. The molecule has 3 heterocycles. The Morgan fingerprint density at radius 2 is 2.19 bits per heavy atom. The van der Waals surface area contributed by atoms with Crippen LogP contribution in [0.3, 0.4) is 0 Å². The van der Waals surface area contributed by atoms with Gasteiger partial charge in [-0.1, -0.05) is 11.3 Å². The number of carbonyl (C=O) groups is 1. The van der Waals surface area contributed by atoms with E-state index in [-0.39, 0.29) is 5.91 Å². The highest BCUT2D eigenvalue weighted by molar-refractivity contribution is 8.32. The van der Waals surface area contributed by atoms with Crippen LogP contribution in [0.4, 0.5) is 0 Å². The number of methoxy groups -OCH3 is 1. The van der Waals surface area contributed by atoms with E-state index in [1.165, 1.54) is 22.8 Å². The largest absolute Gasteiger partial charge is 0.473 e. The average Bonchev–Trinajstić information content (AvgIpc) is 2.99. The third-order valence-corrected chi connectivity index (χ3v) is 7.58. The molecule has 5 nitrogen and oxygen atoms in total. The second-order valence-corrected chi connectivity index (χ2v) is 11.3. The summed E-state index contributed by atoms with van der Waals surface area (Å²) < 4.78 is 5.09. The normalized spacial score (nSPS) is 20.3. The first kappa shape index (κ1) is 14.7. The predicted octanol–water partition coefficient (Wildman–Crippen LogP) is 2.59. The Hall–Kier alpha value is -1.21. The summed E-state index contributed by atoms with van der Waals surface area (Å²) in [6.45, 7) is 0. The lowest BCUT2D eigenvalue weighted by Gasteiger charge is -2.39. The molecule has 1 aliphatic rings. The summed E-state index contributed by atoms with van der Waals surface area (Å²) in [7, 11) is 1.18.